The molecular weight excluding hydrogens is 669 g/mol. The van der Waals surface area contributed by atoms with E-state index in [1.54, 1.807) is 26.6 Å². The Morgan fingerprint density at radius 3 is 1.30 bits per heavy atom. The predicted octanol–water partition coefficient (Wildman–Crippen LogP) is 8.78. The topological polar surface area (TPSA) is 122 Å². The number of aryl methyl sites for hydroxylation is 4. The number of hydrogen-bond acceptors (Lipinski definition) is 8. The third kappa shape index (κ3) is 7.27. The van der Waals surface area contributed by atoms with Gasteiger partial charge in [-0.1, -0.05) is 47.9 Å². The molecule has 8 rings (SSSR count). The highest BCUT2D eigenvalue weighted by atomic mass is 16.5. The molecule has 0 saturated heterocycles. The predicted molar refractivity (Wildman–Crippen MR) is 220 cm³/mol. The molecule has 0 bridgehead atoms. The normalized spacial score (nSPS) is 10.6. The Labute approximate surface area is 314 Å². The summed E-state index contributed by atoms with van der Waals surface area (Å²) >= 11 is 0. The fourth-order valence-corrected chi connectivity index (χ4v) is 6.26. The number of pyridine rings is 4. The molecule has 0 saturated carbocycles. The Bertz CT molecular complexity index is 2700. The van der Waals surface area contributed by atoms with E-state index in [1.165, 1.54) is 0 Å². The second kappa shape index (κ2) is 14.8. The molecule has 0 aliphatic rings. The standard InChI is InChI=1S/2C23H19N3O/c2*1-14-4-9-19-20-12-16(13-25-22(20)23(24)26-21(19)10-14)5-6-17-7-8-18(27-3)11-15(17)2/h2*4,7-13H,1-3H3,(H2,24,26). The summed E-state index contributed by atoms with van der Waals surface area (Å²) in [4.78, 5) is 18.0. The van der Waals surface area contributed by atoms with Gasteiger partial charge in [0.1, 0.15) is 22.5 Å². The first kappa shape index (κ1) is 35.3. The van der Waals surface area contributed by atoms with Gasteiger partial charge >= 0.3 is 0 Å². The van der Waals surface area contributed by atoms with E-state index in [2.05, 4.69) is 67.9 Å². The van der Waals surface area contributed by atoms with Crippen molar-refractivity contribution in [2.24, 2.45) is 0 Å². The van der Waals surface area contributed by atoms with Gasteiger partial charge in [0.25, 0.3) is 0 Å². The van der Waals surface area contributed by atoms with Crippen LogP contribution in [-0.2, 0) is 0 Å². The molecule has 4 aromatic heterocycles. The number of nitrogen functional groups attached to an aromatic ring is 2. The molecule has 8 nitrogen and oxygen atoms in total. The molecule has 4 N–H and O–H groups in total. The van der Waals surface area contributed by atoms with E-state index in [4.69, 9.17) is 20.9 Å². The number of methoxy groups -OCH3 is 2. The van der Waals surface area contributed by atoms with E-state index in [9.17, 15) is 0 Å². The van der Waals surface area contributed by atoms with Crippen molar-refractivity contribution >= 4 is 55.2 Å². The van der Waals surface area contributed by atoms with Crippen LogP contribution in [0.25, 0.3) is 43.6 Å². The van der Waals surface area contributed by atoms with Crippen molar-refractivity contribution in [2.45, 2.75) is 27.7 Å². The largest absolute Gasteiger partial charge is 0.497 e. The minimum absolute atomic E-state index is 0.439. The average Bonchev–Trinajstić information content (AvgIpc) is 3.16. The lowest BCUT2D eigenvalue weighted by molar-refractivity contribution is 0.414. The molecule has 4 heterocycles. The van der Waals surface area contributed by atoms with Gasteiger partial charge in [0.15, 0.2) is 11.6 Å². The molecule has 0 aliphatic heterocycles. The smallest absolute Gasteiger partial charge is 0.150 e. The van der Waals surface area contributed by atoms with Crippen molar-refractivity contribution in [3.05, 3.63) is 142 Å². The molecule has 0 aliphatic carbocycles. The number of aromatic nitrogens is 4. The zero-order valence-electron chi connectivity index (χ0n) is 31.0. The molecule has 4 aromatic carbocycles. The highest BCUT2D eigenvalue weighted by Crippen LogP contribution is 2.29. The molecule has 264 valence electrons. The second-order valence-corrected chi connectivity index (χ2v) is 13.1. The summed E-state index contributed by atoms with van der Waals surface area (Å²) in [5.41, 5.74) is 23.4. The number of hydrogen-bond donors (Lipinski definition) is 2. The first-order valence-corrected chi connectivity index (χ1v) is 17.3. The molecule has 0 radical (unpaired) electrons. The van der Waals surface area contributed by atoms with Crippen molar-refractivity contribution < 1.29 is 9.47 Å². The summed E-state index contributed by atoms with van der Waals surface area (Å²) in [6.07, 6.45) is 3.48. The number of nitrogens with two attached hydrogens (primary N) is 2. The van der Waals surface area contributed by atoms with E-state index in [0.29, 0.717) is 22.7 Å². The SMILES string of the molecule is COc1ccc(C#Cc2cnc3c(N)nc4cc(C)ccc4c3c2)c(C)c1.COc1ccc(C#Cc2cnc3c(N)nc4cc(C)ccc4c3c2)c(C)c1. The molecule has 8 aromatic rings. The summed E-state index contributed by atoms with van der Waals surface area (Å²) < 4.78 is 10.5. The van der Waals surface area contributed by atoms with E-state index >= 15 is 0 Å². The third-order valence-electron chi connectivity index (χ3n) is 9.18. The van der Waals surface area contributed by atoms with Gasteiger partial charge < -0.3 is 20.9 Å². The molecule has 0 amide bonds. The van der Waals surface area contributed by atoms with Crippen molar-refractivity contribution in [1.29, 1.82) is 0 Å². The summed E-state index contributed by atoms with van der Waals surface area (Å²) in [7, 11) is 3.32. The van der Waals surface area contributed by atoms with Crippen LogP contribution in [0.4, 0.5) is 11.6 Å². The minimum atomic E-state index is 0.439. The lowest BCUT2D eigenvalue weighted by atomic mass is 10.1. The molecule has 0 atom stereocenters. The van der Waals surface area contributed by atoms with Crippen LogP contribution < -0.4 is 20.9 Å². The van der Waals surface area contributed by atoms with Crippen LogP contribution in [0.5, 0.6) is 11.5 Å². The Balaban J connectivity index is 0.000000167. The van der Waals surface area contributed by atoms with Gasteiger partial charge in [0.05, 0.1) is 25.3 Å². The van der Waals surface area contributed by atoms with E-state index < -0.39 is 0 Å². The van der Waals surface area contributed by atoms with Crippen LogP contribution in [0.1, 0.15) is 44.5 Å². The first-order chi connectivity index (χ1) is 26.1. The number of rotatable bonds is 2. The highest BCUT2D eigenvalue weighted by Gasteiger charge is 2.10. The number of anilines is 2. The summed E-state index contributed by atoms with van der Waals surface area (Å²) in [5.74, 6) is 15.4. The quantitative estimate of drug-likeness (QED) is 0.135. The zero-order chi connectivity index (χ0) is 37.9. The van der Waals surface area contributed by atoms with E-state index in [-0.39, 0.29) is 0 Å². The van der Waals surface area contributed by atoms with Gasteiger partial charge in [-0.05, 0) is 111 Å². The van der Waals surface area contributed by atoms with Crippen LogP contribution in [0, 0.1) is 51.4 Å². The second-order valence-electron chi connectivity index (χ2n) is 13.1. The van der Waals surface area contributed by atoms with Crippen LogP contribution in [-0.4, -0.2) is 34.2 Å². The average molecular weight is 707 g/mol. The maximum Gasteiger partial charge on any atom is 0.150 e. The zero-order valence-corrected chi connectivity index (χ0v) is 31.0. The van der Waals surface area contributed by atoms with Crippen LogP contribution in [0.15, 0.2) is 97.3 Å². The number of benzene rings is 4. The molecule has 8 heteroatoms. The Kier molecular flexibility index (Phi) is 9.68. The van der Waals surface area contributed by atoms with Crippen molar-refractivity contribution in [1.82, 2.24) is 19.9 Å². The van der Waals surface area contributed by atoms with Crippen molar-refractivity contribution in [3.8, 4) is 35.2 Å². The third-order valence-corrected chi connectivity index (χ3v) is 9.18. The number of fused-ring (bicyclic) bond motifs is 6. The van der Waals surface area contributed by atoms with Gasteiger partial charge in [-0.2, -0.15) is 0 Å². The van der Waals surface area contributed by atoms with Crippen LogP contribution >= 0.6 is 0 Å². The van der Waals surface area contributed by atoms with Crippen LogP contribution in [0.2, 0.25) is 0 Å². The Hall–Kier alpha value is -7.16. The molecule has 54 heavy (non-hydrogen) atoms. The monoisotopic (exact) mass is 706 g/mol. The van der Waals surface area contributed by atoms with E-state index in [1.807, 2.05) is 88.4 Å². The van der Waals surface area contributed by atoms with Gasteiger partial charge in [0, 0.05) is 56.2 Å². The van der Waals surface area contributed by atoms with Gasteiger partial charge in [0.2, 0.25) is 0 Å². The summed E-state index contributed by atoms with van der Waals surface area (Å²) in [6.45, 7) is 8.12. The minimum Gasteiger partial charge on any atom is -0.497 e. The maximum absolute atomic E-state index is 6.11. The van der Waals surface area contributed by atoms with Gasteiger partial charge in [-0.25, -0.2) is 9.97 Å². The van der Waals surface area contributed by atoms with Gasteiger partial charge in [-0.15, -0.1) is 0 Å². The molecule has 0 fully saturated rings. The van der Waals surface area contributed by atoms with E-state index in [0.717, 1.165) is 88.6 Å². The number of nitrogens with zero attached hydrogens (tertiary/aromatic N) is 4. The van der Waals surface area contributed by atoms with Gasteiger partial charge in [-0.3, -0.25) is 9.97 Å². The highest BCUT2D eigenvalue weighted by molar-refractivity contribution is 6.09. The number of ether oxygens (including phenoxy) is 2. The summed E-state index contributed by atoms with van der Waals surface area (Å²) in [6, 6.07) is 28.1. The summed E-state index contributed by atoms with van der Waals surface area (Å²) in [5, 5.41) is 4.00. The van der Waals surface area contributed by atoms with Crippen LogP contribution in [0.3, 0.4) is 0 Å². The molecule has 0 spiro atoms. The maximum atomic E-state index is 6.11. The first-order valence-electron chi connectivity index (χ1n) is 17.3. The Morgan fingerprint density at radius 2 is 0.907 bits per heavy atom. The molecular formula is C46H38N6O2. The lowest BCUT2D eigenvalue weighted by Gasteiger charge is -2.07. The Morgan fingerprint density at radius 1 is 0.481 bits per heavy atom. The van der Waals surface area contributed by atoms with Crippen molar-refractivity contribution in [3.63, 3.8) is 0 Å². The fraction of sp³-hybridized carbons (Fsp3) is 0.130. The fourth-order valence-electron chi connectivity index (χ4n) is 6.26. The lowest BCUT2D eigenvalue weighted by Crippen LogP contribution is -1.96. The van der Waals surface area contributed by atoms with Crippen molar-refractivity contribution in [2.75, 3.05) is 25.7 Å². The molecule has 0 unspecified atom stereocenters.